The van der Waals surface area contributed by atoms with Crippen LogP contribution in [0.5, 0.6) is 0 Å². The molecule has 0 atom stereocenters. The van der Waals surface area contributed by atoms with Crippen molar-refractivity contribution in [2.24, 2.45) is 0 Å². The van der Waals surface area contributed by atoms with Crippen LogP contribution in [0.1, 0.15) is 15.9 Å². The maximum Gasteiger partial charge on any atom is 0.336 e. The van der Waals surface area contributed by atoms with Gasteiger partial charge in [-0.15, -0.1) is 0 Å². The molecule has 2 N–H and O–H groups in total. The molecule has 0 aromatic heterocycles. The highest BCUT2D eigenvalue weighted by atomic mass is 32.1. The lowest BCUT2D eigenvalue weighted by Gasteiger charge is -2.17. The molecule has 3 aromatic rings. The first kappa shape index (κ1) is 19.9. The third kappa shape index (κ3) is 4.91. The van der Waals surface area contributed by atoms with Gasteiger partial charge in [-0.1, -0.05) is 31.0 Å². The van der Waals surface area contributed by atoms with Crippen LogP contribution in [0.2, 0.25) is 0 Å². The van der Waals surface area contributed by atoms with Gasteiger partial charge in [-0.05, 0) is 54.6 Å². The highest BCUT2D eigenvalue weighted by Crippen LogP contribution is 2.22. The first-order valence-electron chi connectivity index (χ1n) is 8.44. The van der Waals surface area contributed by atoms with Gasteiger partial charge in [0.25, 0.3) is 5.91 Å². The van der Waals surface area contributed by atoms with Crippen LogP contribution < -0.4 is 14.9 Å². The summed E-state index contributed by atoms with van der Waals surface area (Å²) in [7, 11) is 0. The van der Waals surface area contributed by atoms with Crippen molar-refractivity contribution in [2.75, 3.05) is 14.9 Å². The van der Waals surface area contributed by atoms with Gasteiger partial charge in [0.1, 0.15) is 5.82 Å². The van der Waals surface area contributed by atoms with Crippen LogP contribution in [-0.2, 0) is 0 Å². The summed E-state index contributed by atoms with van der Waals surface area (Å²) >= 11 is 4.19. The third-order valence-corrected chi connectivity index (χ3v) is 4.34. The van der Waals surface area contributed by atoms with Gasteiger partial charge in [-0.3, -0.25) is 4.79 Å². The molecule has 0 aliphatic rings. The number of urea groups is 1. The van der Waals surface area contributed by atoms with Crippen LogP contribution in [-0.4, -0.2) is 11.9 Å². The predicted molar refractivity (Wildman–Crippen MR) is 112 cm³/mol. The summed E-state index contributed by atoms with van der Waals surface area (Å²) in [5.74, 6) is -1.19. The van der Waals surface area contributed by atoms with Gasteiger partial charge in [0.2, 0.25) is 0 Å². The Morgan fingerprint density at radius 2 is 1.66 bits per heavy atom. The largest absolute Gasteiger partial charge is 0.336 e. The molecule has 3 aromatic carbocycles. The normalized spacial score (nSPS) is 9.97. The van der Waals surface area contributed by atoms with Crippen LogP contribution >= 0.6 is 12.8 Å². The number of anilines is 3. The molecule has 0 radical (unpaired) electrons. The zero-order chi connectivity index (χ0) is 20.8. The second-order valence-corrected chi connectivity index (χ2v) is 6.32. The number of carbonyl (C=O) groups is 2. The highest BCUT2D eigenvalue weighted by Gasteiger charge is 2.14. The predicted octanol–water partition coefficient (Wildman–Crippen LogP) is 4.83. The number of nitriles is 1. The molecule has 0 fully saturated rings. The summed E-state index contributed by atoms with van der Waals surface area (Å²) in [6, 6.07) is 19.9. The summed E-state index contributed by atoms with van der Waals surface area (Å²) in [6.07, 6.45) is 0. The average molecular weight is 406 g/mol. The smallest absolute Gasteiger partial charge is 0.322 e. The van der Waals surface area contributed by atoms with Crippen molar-refractivity contribution in [3.05, 3.63) is 89.7 Å². The van der Waals surface area contributed by atoms with Gasteiger partial charge in [0.05, 0.1) is 22.9 Å². The molecule has 0 spiro atoms. The molecular formula is C21H15FN4O2S. The Morgan fingerprint density at radius 1 is 0.931 bits per heavy atom. The molecular weight excluding hydrogens is 391 g/mol. The minimum Gasteiger partial charge on any atom is -0.322 e. The molecule has 0 saturated carbocycles. The Balaban J connectivity index is 1.66. The van der Waals surface area contributed by atoms with E-state index in [-0.39, 0.29) is 5.56 Å². The van der Waals surface area contributed by atoms with Crippen molar-refractivity contribution < 1.29 is 14.0 Å². The maximum atomic E-state index is 13.7. The maximum absolute atomic E-state index is 13.7. The zero-order valence-electron chi connectivity index (χ0n) is 15.0. The Kier molecular flexibility index (Phi) is 6.12. The molecule has 144 valence electrons. The lowest BCUT2D eigenvalue weighted by Crippen LogP contribution is -2.26. The fourth-order valence-corrected chi connectivity index (χ4v) is 2.67. The summed E-state index contributed by atoms with van der Waals surface area (Å²) in [4.78, 5) is 24.5. The summed E-state index contributed by atoms with van der Waals surface area (Å²) < 4.78 is 14.8. The van der Waals surface area contributed by atoms with Crippen molar-refractivity contribution in [1.82, 2.24) is 0 Å². The minimum absolute atomic E-state index is 0.0635. The lowest BCUT2D eigenvalue weighted by molar-refractivity contribution is 0.102. The second kappa shape index (κ2) is 8.91. The quantitative estimate of drug-likeness (QED) is 0.543. The molecule has 0 saturated heterocycles. The molecule has 0 unspecified atom stereocenters. The topological polar surface area (TPSA) is 85.2 Å². The van der Waals surface area contributed by atoms with Crippen molar-refractivity contribution in [1.29, 1.82) is 5.26 Å². The Morgan fingerprint density at radius 3 is 2.34 bits per heavy atom. The van der Waals surface area contributed by atoms with E-state index in [1.807, 2.05) is 6.07 Å². The standard InChI is InChI=1S/C21H15FN4O2S/c22-19-7-2-1-6-18(19)20(27)24-15-8-10-17(11-9-15)26(29)21(28)25-16-5-3-4-14(12-16)13-23/h1-12,29H,(H,24,27)(H,25,28). The van der Waals surface area contributed by atoms with Crippen molar-refractivity contribution >= 4 is 41.8 Å². The van der Waals surface area contributed by atoms with Crippen LogP contribution in [0.15, 0.2) is 72.8 Å². The first-order valence-corrected chi connectivity index (χ1v) is 8.84. The van der Waals surface area contributed by atoms with Crippen molar-refractivity contribution in [2.45, 2.75) is 0 Å². The molecule has 6 nitrogen and oxygen atoms in total. The fraction of sp³-hybridized carbons (Fsp3) is 0. The van der Waals surface area contributed by atoms with Crippen molar-refractivity contribution in [3.8, 4) is 6.07 Å². The Bertz CT molecular complexity index is 1100. The Labute approximate surface area is 172 Å². The van der Waals surface area contributed by atoms with Crippen LogP contribution in [0.4, 0.5) is 26.2 Å². The first-order chi connectivity index (χ1) is 14.0. The minimum atomic E-state index is -0.611. The van der Waals surface area contributed by atoms with Crippen LogP contribution in [0.3, 0.4) is 0 Å². The number of hydrogen-bond acceptors (Lipinski definition) is 4. The number of halogens is 1. The number of hydrogen-bond donors (Lipinski definition) is 3. The monoisotopic (exact) mass is 406 g/mol. The second-order valence-electron chi connectivity index (χ2n) is 5.92. The molecule has 8 heteroatoms. The van der Waals surface area contributed by atoms with E-state index >= 15 is 0 Å². The van der Waals surface area contributed by atoms with E-state index in [1.165, 1.54) is 18.2 Å². The number of thiol groups is 1. The fourth-order valence-electron chi connectivity index (χ4n) is 2.49. The van der Waals surface area contributed by atoms with E-state index in [1.54, 1.807) is 54.6 Å². The van der Waals surface area contributed by atoms with E-state index in [0.29, 0.717) is 22.6 Å². The molecule has 0 aliphatic carbocycles. The number of amides is 3. The van der Waals surface area contributed by atoms with E-state index in [4.69, 9.17) is 5.26 Å². The van der Waals surface area contributed by atoms with Crippen molar-refractivity contribution in [3.63, 3.8) is 0 Å². The lowest BCUT2D eigenvalue weighted by atomic mass is 10.2. The van der Waals surface area contributed by atoms with Gasteiger partial charge in [-0.25, -0.2) is 13.5 Å². The summed E-state index contributed by atoms with van der Waals surface area (Å²) in [5, 5.41) is 14.2. The highest BCUT2D eigenvalue weighted by molar-refractivity contribution is 7.82. The van der Waals surface area contributed by atoms with Gasteiger partial charge in [0, 0.05) is 11.4 Å². The molecule has 3 rings (SSSR count). The van der Waals surface area contributed by atoms with E-state index in [2.05, 4.69) is 23.4 Å². The van der Waals surface area contributed by atoms with E-state index in [0.717, 1.165) is 4.31 Å². The van der Waals surface area contributed by atoms with Gasteiger partial charge in [0.15, 0.2) is 0 Å². The molecule has 3 amide bonds. The number of carbonyl (C=O) groups excluding carboxylic acids is 2. The summed E-state index contributed by atoms with van der Waals surface area (Å²) in [6.45, 7) is 0. The summed E-state index contributed by atoms with van der Waals surface area (Å²) in [5.41, 5.74) is 1.70. The Hall–Kier alpha value is -3.83. The van der Waals surface area contributed by atoms with Gasteiger partial charge < -0.3 is 10.6 Å². The third-order valence-electron chi connectivity index (χ3n) is 3.92. The average Bonchev–Trinajstić information content (AvgIpc) is 2.74. The number of benzene rings is 3. The van der Waals surface area contributed by atoms with E-state index in [9.17, 15) is 14.0 Å². The molecule has 0 aliphatic heterocycles. The van der Waals surface area contributed by atoms with Gasteiger partial charge >= 0.3 is 6.03 Å². The number of nitrogens with zero attached hydrogens (tertiary/aromatic N) is 2. The zero-order valence-corrected chi connectivity index (χ0v) is 15.9. The van der Waals surface area contributed by atoms with Crippen LogP contribution in [0.25, 0.3) is 0 Å². The van der Waals surface area contributed by atoms with Crippen LogP contribution in [0, 0.1) is 17.1 Å². The SMILES string of the molecule is N#Cc1cccc(NC(=O)N(S)c2ccc(NC(=O)c3ccccc3F)cc2)c1. The van der Waals surface area contributed by atoms with Gasteiger partial charge in [-0.2, -0.15) is 5.26 Å². The number of rotatable bonds is 4. The molecule has 29 heavy (non-hydrogen) atoms. The van der Waals surface area contributed by atoms with E-state index < -0.39 is 17.8 Å². The molecule has 0 bridgehead atoms. The molecule has 0 heterocycles. The number of nitrogens with one attached hydrogen (secondary N) is 2.